The molecule has 130 valence electrons. The van der Waals surface area contributed by atoms with E-state index in [0.717, 1.165) is 25.1 Å². The SMILES string of the molecule is CCC(C)(CCO)NC(=O)NC(c1nc(C2CC2)no1)C(C)C. The Morgan fingerprint density at radius 1 is 1.48 bits per heavy atom. The smallest absolute Gasteiger partial charge is 0.315 e. The van der Waals surface area contributed by atoms with Crippen molar-refractivity contribution in [1.82, 2.24) is 20.8 Å². The summed E-state index contributed by atoms with van der Waals surface area (Å²) in [4.78, 5) is 16.8. The highest BCUT2D eigenvalue weighted by Crippen LogP contribution is 2.38. The van der Waals surface area contributed by atoms with Crippen LogP contribution < -0.4 is 10.6 Å². The summed E-state index contributed by atoms with van der Waals surface area (Å²) in [6.07, 6.45) is 3.46. The zero-order valence-electron chi connectivity index (χ0n) is 14.4. The summed E-state index contributed by atoms with van der Waals surface area (Å²) in [5.41, 5.74) is -0.436. The molecule has 0 spiro atoms. The number of hydrogen-bond acceptors (Lipinski definition) is 5. The molecule has 7 nitrogen and oxygen atoms in total. The van der Waals surface area contributed by atoms with Gasteiger partial charge in [0, 0.05) is 18.1 Å². The highest BCUT2D eigenvalue weighted by Gasteiger charge is 2.32. The number of nitrogens with zero attached hydrogens (tertiary/aromatic N) is 2. The van der Waals surface area contributed by atoms with Crippen LogP contribution in [0, 0.1) is 5.92 Å². The van der Waals surface area contributed by atoms with Crippen LogP contribution in [-0.2, 0) is 0 Å². The van der Waals surface area contributed by atoms with E-state index in [9.17, 15) is 4.79 Å². The summed E-state index contributed by atoms with van der Waals surface area (Å²) in [5, 5.41) is 19.0. The summed E-state index contributed by atoms with van der Waals surface area (Å²) in [6.45, 7) is 7.94. The van der Waals surface area contributed by atoms with Crippen molar-refractivity contribution >= 4 is 6.03 Å². The number of aliphatic hydroxyl groups is 1. The molecule has 0 saturated heterocycles. The van der Waals surface area contributed by atoms with E-state index in [1.807, 2.05) is 27.7 Å². The normalized spacial score (nSPS) is 18.5. The molecule has 1 aromatic rings. The molecular formula is C16H28N4O3. The average molecular weight is 324 g/mol. The van der Waals surface area contributed by atoms with Gasteiger partial charge in [-0.1, -0.05) is 25.9 Å². The van der Waals surface area contributed by atoms with Crippen molar-refractivity contribution in [2.24, 2.45) is 5.92 Å². The first-order chi connectivity index (χ1) is 10.9. The number of amides is 2. The molecule has 0 bridgehead atoms. The van der Waals surface area contributed by atoms with Crippen LogP contribution in [0.5, 0.6) is 0 Å². The lowest BCUT2D eigenvalue weighted by Gasteiger charge is -2.30. The van der Waals surface area contributed by atoms with E-state index < -0.39 is 5.54 Å². The number of aliphatic hydroxyl groups excluding tert-OH is 1. The minimum absolute atomic E-state index is 0.0344. The van der Waals surface area contributed by atoms with E-state index in [1.165, 1.54) is 0 Å². The fourth-order valence-electron chi connectivity index (χ4n) is 2.42. The van der Waals surface area contributed by atoms with Gasteiger partial charge in [-0.2, -0.15) is 4.98 Å². The Bertz CT molecular complexity index is 527. The van der Waals surface area contributed by atoms with E-state index in [2.05, 4.69) is 20.8 Å². The first-order valence-corrected chi connectivity index (χ1v) is 8.41. The third kappa shape index (κ3) is 4.67. The minimum Gasteiger partial charge on any atom is -0.396 e. The van der Waals surface area contributed by atoms with Crippen molar-refractivity contribution in [2.45, 2.75) is 70.9 Å². The number of carbonyl (C=O) groups excluding carboxylic acids is 1. The van der Waals surface area contributed by atoms with Crippen molar-refractivity contribution in [3.05, 3.63) is 11.7 Å². The van der Waals surface area contributed by atoms with Gasteiger partial charge in [-0.05, 0) is 38.5 Å². The van der Waals surface area contributed by atoms with Gasteiger partial charge in [0.05, 0.1) is 0 Å². The van der Waals surface area contributed by atoms with Gasteiger partial charge in [0.1, 0.15) is 6.04 Å². The van der Waals surface area contributed by atoms with Crippen LogP contribution in [0.2, 0.25) is 0 Å². The molecule has 1 aromatic heterocycles. The van der Waals surface area contributed by atoms with Crippen molar-refractivity contribution in [2.75, 3.05) is 6.61 Å². The first-order valence-electron chi connectivity index (χ1n) is 8.41. The molecule has 1 aliphatic carbocycles. The lowest BCUT2D eigenvalue weighted by Crippen LogP contribution is -2.51. The van der Waals surface area contributed by atoms with Crippen LogP contribution in [0.25, 0.3) is 0 Å². The molecule has 0 radical (unpaired) electrons. The van der Waals surface area contributed by atoms with Crippen LogP contribution in [0.3, 0.4) is 0 Å². The van der Waals surface area contributed by atoms with Crippen molar-refractivity contribution in [1.29, 1.82) is 0 Å². The standard InChI is InChI=1S/C16H28N4O3/c1-5-16(4,8-9-21)19-15(22)17-12(10(2)3)14-18-13(20-23-14)11-6-7-11/h10-12,21H,5-9H2,1-4H3,(H2,17,19,22). The van der Waals surface area contributed by atoms with Gasteiger partial charge < -0.3 is 20.3 Å². The summed E-state index contributed by atoms with van der Waals surface area (Å²) in [7, 11) is 0. The highest BCUT2D eigenvalue weighted by molar-refractivity contribution is 5.75. The molecule has 1 aliphatic rings. The van der Waals surface area contributed by atoms with Crippen LogP contribution >= 0.6 is 0 Å². The first kappa shape index (κ1) is 17.7. The van der Waals surface area contributed by atoms with Crippen molar-refractivity contribution in [3.8, 4) is 0 Å². The number of hydrogen-bond donors (Lipinski definition) is 3. The molecule has 1 fully saturated rings. The molecule has 0 aromatic carbocycles. The van der Waals surface area contributed by atoms with Gasteiger partial charge in [-0.15, -0.1) is 0 Å². The van der Waals surface area contributed by atoms with Crippen molar-refractivity contribution in [3.63, 3.8) is 0 Å². The van der Waals surface area contributed by atoms with Crippen LogP contribution in [0.15, 0.2) is 4.52 Å². The summed E-state index contributed by atoms with van der Waals surface area (Å²) in [5.74, 6) is 1.74. The van der Waals surface area contributed by atoms with Gasteiger partial charge in [0.15, 0.2) is 5.82 Å². The van der Waals surface area contributed by atoms with E-state index >= 15 is 0 Å². The molecule has 1 saturated carbocycles. The second kappa shape index (κ2) is 7.29. The number of rotatable bonds is 8. The summed E-state index contributed by atoms with van der Waals surface area (Å²) >= 11 is 0. The Morgan fingerprint density at radius 3 is 2.70 bits per heavy atom. The number of carbonyl (C=O) groups is 1. The largest absolute Gasteiger partial charge is 0.396 e. The molecule has 23 heavy (non-hydrogen) atoms. The molecule has 0 aliphatic heterocycles. The number of aromatic nitrogens is 2. The zero-order chi connectivity index (χ0) is 17.0. The Balaban J connectivity index is 2.01. The molecular weight excluding hydrogens is 296 g/mol. The Hall–Kier alpha value is -1.63. The quantitative estimate of drug-likeness (QED) is 0.682. The molecule has 2 rings (SSSR count). The van der Waals surface area contributed by atoms with Gasteiger partial charge in [0.25, 0.3) is 0 Å². The van der Waals surface area contributed by atoms with Gasteiger partial charge in [0.2, 0.25) is 5.89 Å². The third-order valence-corrected chi connectivity index (χ3v) is 4.48. The third-order valence-electron chi connectivity index (χ3n) is 4.48. The van der Waals surface area contributed by atoms with E-state index in [-0.39, 0.29) is 24.6 Å². The molecule has 2 unspecified atom stereocenters. The lowest BCUT2D eigenvalue weighted by atomic mass is 9.95. The highest BCUT2D eigenvalue weighted by atomic mass is 16.5. The zero-order valence-corrected chi connectivity index (χ0v) is 14.4. The fraction of sp³-hybridized carbons (Fsp3) is 0.812. The molecule has 7 heteroatoms. The topological polar surface area (TPSA) is 100 Å². The maximum Gasteiger partial charge on any atom is 0.315 e. The van der Waals surface area contributed by atoms with Crippen LogP contribution in [-0.4, -0.2) is 33.4 Å². The second-order valence-corrected chi connectivity index (χ2v) is 6.97. The lowest BCUT2D eigenvalue weighted by molar-refractivity contribution is 0.192. The number of nitrogens with one attached hydrogen (secondary N) is 2. The molecule has 1 heterocycles. The molecule has 2 amide bonds. The Morgan fingerprint density at radius 2 is 2.17 bits per heavy atom. The predicted molar refractivity (Wildman–Crippen MR) is 85.9 cm³/mol. The van der Waals surface area contributed by atoms with Gasteiger partial charge in [-0.3, -0.25) is 0 Å². The van der Waals surface area contributed by atoms with E-state index in [1.54, 1.807) is 0 Å². The van der Waals surface area contributed by atoms with Gasteiger partial charge >= 0.3 is 6.03 Å². The average Bonchev–Trinajstić information content (AvgIpc) is 3.23. The van der Waals surface area contributed by atoms with Gasteiger partial charge in [-0.25, -0.2) is 4.79 Å². The predicted octanol–water partition coefficient (Wildman–Crippen LogP) is 2.49. The van der Waals surface area contributed by atoms with E-state index in [0.29, 0.717) is 18.2 Å². The summed E-state index contributed by atoms with van der Waals surface area (Å²) in [6, 6.07) is -0.613. The summed E-state index contributed by atoms with van der Waals surface area (Å²) < 4.78 is 5.35. The maximum absolute atomic E-state index is 12.3. The Kier molecular flexibility index (Phi) is 5.62. The fourth-order valence-corrected chi connectivity index (χ4v) is 2.42. The van der Waals surface area contributed by atoms with Crippen LogP contribution in [0.4, 0.5) is 4.79 Å². The monoisotopic (exact) mass is 324 g/mol. The number of urea groups is 1. The minimum atomic E-state index is -0.436. The molecule has 2 atom stereocenters. The second-order valence-electron chi connectivity index (χ2n) is 6.97. The van der Waals surface area contributed by atoms with E-state index in [4.69, 9.17) is 9.63 Å². The van der Waals surface area contributed by atoms with Crippen molar-refractivity contribution < 1.29 is 14.4 Å². The van der Waals surface area contributed by atoms with Crippen LogP contribution in [0.1, 0.15) is 77.1 Å². The molecule has 3 N–H and O–H groups in total. The Labute approximate surface area is 137 Å². The maximum atomic E-state index is 12.3.